The molecule has 7 nitrogen and oxygen atoms in total. The Morgan fingerprint density at radius 1 is 1.17 bits per heavy atom. The van der Waals surface area contributed by atoms with Gasteiger partial charge in [-0.3, -0.25) is 9.36 Å². The number of aromatic nitrogens is 2. The van der Waals surface area contributed by atoms with Crippen molar-refractivity contribution in [3.63, 3.8) is 0 Å². The lowest BCUT2D eigenvalue weighted by Gasteiger charge is -2.30. The molecule has 0 aliphatic carbocycles. The van der Waals surface area contributed by atoms with E-state index in [1.165, 1.54) is 11.8 Å². The van der Waals surface area contributed by atoms with E-state index in [4.69, 9.17) is 9.47 Å². The molecule has 156 valence electrons. The molecule has 0 spiro atoms. The number of methoxy groups -OCH3 is 1. The van der Waals surface area contributed by atoms with Gasteiger partial charge in [-0.2, -0.15) is 0 Å². The summed E-state index contributed by atoms with van der Waals surface area (Å²) < 4.78 is 12.6. The van der Waals surface area contributed by atoms with Gasteiger partial charge in [0.1, 0.15) is 5.75 Å². The fourth-order valence-corrected chi connectivity index (χ4v) is 4.08. The number of morpholine rings is 1. The second kappa shape index (κ2) is 9.69. The summed E-state index contributed by atoms with van der Waals surface area (Å²) in [6, 6.07) is 15.6. The van der Waals surface area contributed by atoms with Gasteiger partial charge in [0, 0.05) is 31.2 Å². The first kappa shape index (κ1) is 20.3. The zero-order chi connectivity index (χ0) is 20.8. The molecule has 1 aliphatic rings. The van der Waals surface area contributed by atoms with Crippen LogP contribution in [0.15, 0.2) is 66.1 Å². The van der Waals surface area contributed by atoms with Crippen molar-refractivity contribution in [2.45, 2.75) is 5.16 Å². The third-order valence-electron chi connectivity index (χ3n) is 4.82. The number of amides is 1. The van der Waals surface area contributed by atoms with Crippen LogP contribution in [0.2, 0.25) is 0 Å². The molecule has 0 radical (unpaired) electrons. The lowest BCUT2D eigenvalue weighted by atomic mass is 10.2. The van der Waals surface area contributed by atoms with Gasteiger partial charge in [0.2, 0.25) is 5.91 Å². The number of hydrogen-bond donors (Lipinski definition) is 1. The second-order valence-electron chi connectivity index (χ2n) is 6.73. The Bertz CT molecular complexity index is 984. The van der Waals surface area contributed by atoms with Gasteiger partial charge in [-0.25, -0.2) is 4.98 Å². The van der Waals surface area contributed by atoms with Gasteiger partial charge in [-0.15, -0.1) is 0 Å². The average molecular weight is 425 g/mol. The van der Waals surface area contributed by atoms with E-state index in [9.17, 15) is 4.79 Å². The van der Waals surface area contributed by atoms with E-state index in [0.29, 0.717) is 13.2 Å². The molecule has 0 unspecified atom stereocenters. The van der Waals surface area contributed by atoms with Crippen LogP contribution in [0, 0.1) is 0 Å². The fourth-order valence-electron chi connectivity index (χ4n) is 3.31. The number of hydrogen-bond acceptors (Lipinski definition) is 6. The summed E-state index contributed by atoms with van der Waals surface area (Å²) in [6.45, 7) is 3.04. The van der Waals surface area contributed by atoms with Crippen molar-refractivity contribution in [2.75, 3.05) is 49.4 Å². The van der Waals surface area contributed by atoms with Gasteiger partial charge in [0.15, 0.2) is 5.16 Å². The summed E-state index contributed by atoms with van der Waals surface area (Å²) in [5, 5.41) is 3.81. The highest BCUT2D eigenvalue weighted by molar-refractivity contribution is 7.99. The van der Waals surface area contributed by atoms with Crippen molar-refractivity contribution >= 4 is 29.0 Å². The third kappa shape index (κ3) is 4.77. The lowest BCUT2D eigenvalue weighted by molar-refractivity contribution is -0.113. The zero-order valence-corrected chi connectivity index (χ0v) is 17.6. The van der Waals surface area contributed by atoms with Crippen molar-refractivity contribution < 1.29 is 14.3 Å². The lowest BCUT2D eigenvalue weighted by Crippen LogP contribution is -2.36. The molecule has 1 fully saturated rings. The van der Waals surface area contributed by atoms with Gasteiger partial charge in [-0.1, -0.05) is 23.9 Å². The molecule has 30 heavy (non-hydrogen) atoms. The van der Waals surface area contributed by atoms with Gasteiger partial charge >= 0.3 is 0 Å². The zero-order valence-electron chi connectivity index (χ0n) is 16.8. The molecule has 1 N–H and O–H groups in total. The summed E-state index contributed by atoms with van der Waals surface area (Å²) in [6.07, 6.45) is 3.62. The molecule has 0 saturated carbocycles. The number of rotatable bonds is 7. The normalized spacial score (nSPS) is 13.8. The molecule has 2 heterocycles. The number of thioether (sulfide) groups is 1. The summed E-state index contributed by atoms with van der Waals surface area (Å²) in [4.78, 5) is 19.3. The molecule has 1 saturated heterocycles. The Labute approximate surface area is 180 Å². The minimum Gasteiger partial charge on any atom is -0.497 e. The maximum Gasteiger partial charge on any atom is 0.234 e. The van der Waals surface area contributed by atoms with Crippen LogP contribution in [0.5, 0.6) is 5.75 Å². The van der Waals surface area contributed by atoms with E-state index >= 15 is 0 Å². The van der Waals surface area contributed by atoms with E-state index in [1.807, 2.05) is 59.3 Å². The Kier molecular flexibility index (Phi) is 6.56. The smallest absolute Gasteiger partial charge is 0.234 e. The Hall–Kier alpha value is -2.97. The van der Waals surface area contributed by atoms with Crippen LogP contribution in [0.3, 0.4) is 0 Å². The number of para-hydroxylation sites is 2. The van der Waals surface area contributed by atoms with E-state index in [2.05, 4.69) is 15.2 Å². The Balaban J connectivity index is 1.40. The van der Waals surface area contributed by atoms with Crippen LogP contribution in [-0.2, 0) is 9.53 Å². The van der Waals surface area contributed by atoms with Crippen molar-refractivity contribution in [1.82, 2.24) is 9.55 Å². The van der Waals surface area contributed by atoms with Crippen LogP contribution in [0.1, 0.15) is 0 Å². The van der Waals surface area contributed by atoms with E-state index in [1.54, 1.807) is 13.3 Å². The number of carbonyl (C=O) groups excluding carboxylic acids is 1. The second-order valence-corrected chi connectivity index (χ2v) is 7.67. The molecular weight excluding hydrogens is 400 g/mol. The van der Waals surface area contributed by atoms with Crippen LogP contribution in [0.25, 0.3) is 5.69 Å². The highest BCUT2D eigenvalue weighted by Crippen LogP contribution is 2.27. The molecule has 1 aromatic heterocycles. The molecule has 2 aromatic carbocycles. The van der Waals surface area contributed by atoms with Crippen LogP contribution < -0.4 is 15.0 Å². The maximum absolute atomic E-state index is 12.6. The molecule has 0 atom stereocenters. The van der Waals surface area contributed by atoms with Gasteiger partial charge < -0.3 is 19.7 Å². The summed E-state index contributed by atoms with van der Waals surface area (Å²) in [7, 11) is 1.64. The molecule has 4 rings (SSSR count). The number of carbonyl (C=O) groups is 1. The summed E-state index contributed by atoms with van der Waals surface area (Å²) in [5.74, 6) is 1.00. The fraction of sp³-hybridized carbons (Fsp3) is 0.273. The minimum atomic E-state index is -0.0648. The van der Waals surface area contributed by atoms with Crippen LogP contribution in [0.4, 0.5) is 11.4 Å². The maximum atomic E-state index is 12.6. The summed E-state index contributed by atoms with van der Waals surface area (Å²) >= 11 is 1.40. The standard InChI is InChI=1S/C22H24N4O3S/c1-28-18-8-6-17(7-9-18)26-11-10-23-22(26)30-16-21(27)24-19-4-2-3-5-20(19)25-12-14-29-15-13-25/h2-11H,12-16H2,1H3,(H,24,27). The average Bonchev–Trinajstić information content (AvgIpc) is 3.27. The van der Waals surface area contributed by atoms with Crippen molar-refractivity contribution in [2.24, 2.45) is 0 Å². The topological polar surface area (TPSA) is 68.6 Å². The monoisotopic (exact) mass is 424 g/mol. The molecule has 1 amide bonds. The van der Waals surface area contributed by atoms with Crippen LogP contribution >= 0.6 is 11.8 Å². The quantitative estimate of drug-likeness (QED) is 0.586. The highest BCUT2D eigenvalue weighted by atomic mass is 32.2. The summed E-state index contributed by atoms with van der Waals surface area (Å²) in [5.41, 5.74) is 2.82. The van der Waals surface area contributed by atoms with E-state index in [-0.39, 0.29) is 11.7 Å². The highest BCUT2D eigenvalue weighted by Gasteiger charge is 2.16. The molecular formula is C22H24N4O3S. The SMILES string of the molecule is COc1ccc(-n2ccnc2SCC(=O)Nc2ccccc2N2CCOCC2)cc1. The number of anilines is 2. The molecule has 3 aromatic rings. The Morgan fingerprint density at radius 2 is 1.93 bits per heavy atom. The van der Waals surface area contributed by atoms with Crippen molar-refractivity contribution in [3.8, 4) is 11.4 Å². The van der Waals surface area contributed by atoms with Gasteiger partial charge in [-0.05, 0) is 36.4 Å². The van der Waals surface area contributed by atoms with Crippen molar-refractivity contribution in [1.29, 1.82) is 0 Å². The van der Waals surface area contributed by atoms with Crippen molar-refractivity contribution in [3.05, 3.63) is 60.9 Å². The Morgan fingerprint density at radius 3 is 2.70 bits per heavy atom. The van der Waals surface area contributed by atoms with E-state index < -0.39 is 0 Å². The predicted molar refractivity (Wildman–Crippen MR) is 119 cm³/mol. The third-order valence-corrected chi connectivity index (χ3v) is 5.79. The number of nitrogens with one attached hydrogen (secondary N) is 1. The molecule has 1 aliphatic heterocycles. The van der Waals surface area contributed by atoms with E-state index in [0.717, 1.165) is 41.1 Å². The largest absolute Gasteiger partial charge is 0.497 e. The predicted octanol–water partition coefficient (Wildman–Crippen LogP) is 3.45. The number of nitrogens with zero attached hydrogens (tertiary/aromatic N) is 3. The first-order valence-corrected chi connectivity index (χ1v) is 10.8. The molecule has 0 bridgehead atoms. The first-order valence-electron chi connectivity index (χ1n) is 9.77. The number of benzene rings is 2. The minimum absolute atomic E-state index is 0.0648. The van der Waals surface area contributed by atoms with Crippen LogP contribution in [-0.4, -0.2) is 54.6 Å². The first-order chi connectivity index (χ1) is 14.7. The van der Waals surface area contributed by atoms with Gasteiger partial charge in [0.25, 0.3) is 0 Å². The number of imidazole rings is 1. The molecule has 8 heteroatoms. The van der Waals surface area contributed by atoms with Gasteiger partial charge in [0.05, 0.1) is 37.5 Å². The number of ether oxygens (including phenoxy) is 2.